The molecule has 0 unspecified atom stereocenters. The average molecular weight is 221 g/mol. The van der Waals surface area contributed by atoms with Crippen molar-refractivity contribution in [1.82, 2.24) is 4.90 Å². The number of phenolic OH excluding ortho intramolecular Hbond substituents is 1. The lowest BCUT2D eigenvalue weighted by Crippen LogP contribution is -2.37. The van der Waals surface area contributed by atoms with Gasteiger partial charge in [0.1, 0.15) is 11.5 Å². The van der Waals surface area contributed by atoms with Gasteiger partial charge in [0.25, 0.3) is 0 Å². The molecular formula is C12H15NO3. The molecule has 0 bridgehead atoms. The summed E-state index contributed by atoms with van der Waals surface area (Å²) in [4.78, 5) is 13.4. The van der Waals surface area contributed by atoms with E-state index in [9.17, 15) is 4.79 Å². The highest BCUT2D eigenvalue weighted by molar-refractivity contribution is 5.70. The fraction of sp³-hybridized carbons (Fsp3) is 0.417. The number of hydrogen-bond donors (Lipinski definition) is 1. The van der Waals surface area contributed by atoms with Crippen LogP contribution >= 0.6 is 0 Å². The third kappa shape index (κ3) is 2.66. The molecule has 4 nitrogen and oxygen atoms in total. The maximum atomic E-state index is 11.7. The number of ether oxygens (including phenoxy) is 1. The van der Waals surface area contributed by atoms with E-state index in [-0.39, 0.29) is 11.8 Å². The highest BCUT2D eigenvalue weighted by Gasteiger charge is 2.18. The summed E-state index contributed by atoms with van der Waals surface area (Å²) < 4.78 is 5.18. The van der Waals surface area contributed by atoms with Gasteiger partial charge < -0.3 is 14.7 Å². The molecule has 16 heavy (non-hydrogen) atoms. The van der Waals surface area contributed by atoms with E-state index in [0.717, 1.165) is 25.9 Å². The molecule has 1 aliphatic rings. The monoisotopic (exact) mass is 221 g/mol. The maximum Gasteiger partial charge on any atom is 0.415 e. The molecule has 0 atom stereocenters. The molecule has 0 aliphatic carbocycles. The molecule has 2 rings (SSSR count). The topological polar surface area (TPSA) is 49.8 Å². The minimum atomic E-state index is -0.301. The van der Waals surface area contributed by atoms with Crippen LogP contribution in [0.3, 0.4) is 0 Å². The number of amides is 1. The lowest BCUT2D eigenvalue weighted by molar-refractivity contribution is 0.142. The minimum absolute atomic E-state index is 0.165. The second-order valence-corrected chi connectivity index (χ2v) is 3.91. The van der Waals surface area contributed by atoms with Gasteiger partial charge >= 0.3 is 6.09 Å². The Hall–Kier alpha value is -1.71. The van der Waals surface area contributed by atoms with E-state index in [4.69, 9.17) is 9.84 Å². The number of carbonyl (C=O) groups excluding carboxylic acids is 1. The SMILES string of the molecule is O=C(Oc1ccc(O)cc1)N1CCCCC1. The van der Waals surface area contributed by atoms with Crippen molar-refractivity contribution in [2.24, 2.45) is 0 Å². The van der Waals surface area contributed by atoms with Crippen molar-refractivity contribution in [3.05, 3.63) is 24.3 Å². The molecule has 1 saturated heterocycles. The third-order valence-corrected chi connectivity index (χ3v) is 2.66. The summed E-state index contributed by atoms with van der Waals surface area (Å²) in [7, 11) is 0. The quantitative estimate of drug-likeness (QED) is 0.792. The predicted molar refractivity (Wildman–Crippen MR) is 59.6 cm³/mol. The first-order chi connectivity index (χ1) is 7.75. The van der Waals surface area contributed by atoms with Crippen LogP contribution in [-0.4, -0.2) is 29.2 Å². The van der Waals surface area contributed by atoms with Gasteiger partial charge in [0.05, 0.1) is 0 Å². The van der Waals surface area contributed by atoms with E-state index < -0.39 is 0 Å². The Labute approximate surface area is 94.4 Å². The summed E-state index contributed by atoms with van der Waals surface area (Å²) in [5.74, 6) is 0.631. The number of benzene rings is 1. The molecule has 1 aromatic rings. The van der Waals surface area contributed by atoms with Gasteiger partial charge in [-0.15, -0.1) is 0 Å². The van der Waals surface area contributed by atoms with Gasteiger partial charge in [-0.25, -0.2) is 4.79 Å². The lowest BCUT2D eigenvalue weighted by atomic mass is 10.1. The summed E-state index contributed by atoms with van der Waals surface area (Å²) in [5, 5.41) is 9.09. The van der Waals surface area contributed by atoms with Crippen LogP contribution in [0, 0.1) is 0 Å². The molecule has 1 aliphatic heterocycles. The van der Waals surface area contributed by atoms with E-state index in [2.05, 4.69) is 0 Å². The maximum absolute atomic E-state index is 11.7. The second kappa shape index (κ2) is 4.88. The third-order valence-electron chi connectivity index (χ3n) is 2.66. The smallest absolute Gasteiger partial charge is 0.415 e. The van der Waals surface area contributed by atoms with Gasteiger partial charge in [-0.1, -0.05) is 0 Å². The van der Waals surface area contributed by atoms with Crippen LogP contribution in [0.15, 0.2) is 24.3 Å². The zero-order valence-corrected chi connectivity index (χ0v) is 9.06. The van der Waals surface area contributed by atoms with Crippen molar-refractivity contribution < 1.29 is 14.6 Å². The Morgan fingerprint density at radius 2 is 1.75 bits per heavy atom. The van der Waals surface area contributed by atoms with Crippen LogP contribution in [0.2, 0.25) is 0 Å². The van der Waals surface area contributed by atoms with Crippen LogP contribution in [0.4, 0.5) is 4.79 Å². The molecule has 1 heterocycles. The van der Waals surface area contributed by atoms with Crippen molar-refractivity contribution in [3.63, 3.8) is 0 Å². The molecule has 1 aromatic carbocycles. The van der Waals surface area contributed by atoms with Crippen molar-refractivity contribution >= 4 is 6.09 Å². The van der Waals surface area contributed by atoms with Crippen LogP contribution in [0.1, 0.15) is 19.3 Å². The van der Waals surface area contributed by atoms with E-state index in [0.29, 0.717) is 5.75 Å². The summed E-state index contributed by atoms with van der Waals surface area (Å²) in [5.41, 5.74) is 0. The first-order valence-corrected chi connectivity index (χ1v) is 5.51. The average Bonchev–Trinajstić information content (AvgIpc) is 2.33. The zero-order valence-electron chi connectivity index (χ0n) is 9.06. The van der Waals surface area contributed by atoms with Gasteiger partial charge in [-0.2, -0.15) is 0 Å². The zero-order chi connectivity index (χ0) is 11.4. The number of aromatic hydroxyl groups is 1. The number of hydrogen-bond acceptors (Lipinski definition) is 3. The molecule has 4 heteroatoms. The van der Waals surface area contributed by atoms with E-state index in [1.165, 1.54) is 18.6 Å². The molecule has 1 N–H and O–H groups in total. The first kappa shape index (κ1) is 10.8. The fourth-order valence-corrected chi connectivity index (χ4v) is 1.76. The summed E-state index contributed by atoms with van der Waals surface area (Å²) in [6, 6.07) is 6.16. The number of phenols is 1. The van der Waals surface area contributed by atoms with Crippen LogP contribution in [0.25, 0.3) is 0 Å². The van der Waals surface area contributed by atoms with Gasteiger partial charge in [0.2, 0.25) is 0 Å². The van der Waals surface area contributed by atoms with Gasteiger partial charge in [0.15, 0.2) is 0 Å². The summed E-state index contributed by atoms with van der Waals surface area (Å²) in [6.07, 6.45) is 2.98. The van der Waals surface area contributed by atoms with Gasteiger partial charge in [-0.3, -0.25) is 0 Å². The Morgan fingerprint density at radius 1 is 1.12 bits per heavy atom. The number of carbonyl (C=O) groups is 1. The van der Waals surface area contributed by atoms with Crippen molar-refractivity contribution in [2.45, 2.75) is 19.3 Å². The van der Waals surface area contributed by atoms with Crippen molar-refractivity contribution in [2.75, 3.05) is 13.1 Å². The second-order valence-electron chi connectivity index (χ2n) is 3.91. The van der Waals surface area contributed by atoms with Gasteiger partial charge in [0, 0.05) is 13.1 Å². The molecule has 0 aromatic heterocycles. The minimum Gasteiger partial charge on any atom is -0.508 e. The predicted octanol–water partition coefficient (Wildman–Crippen LogP) is 2.38. The molecular weight excluding hydrogens is 206 g/mol. The number of piperidine rings is 1. The molecule has 0 radical (unpaired) electrons. The fourth-order valence-electron chi connectivity index (χ4n) is 1.76. The van der Waals surface area contributed by atoms with E-state index in [1.807, 2.05) is 0 Å². The first-order valence-electron chi connectivity index (χ1n) is 5.51. The van der Waals surface area contributed by atoms with Crippen molar-refractivity contribution in [3.8, 4) is 11.5 Å². The van der Waals surface area contributed by atoms with Crippen LogP contribution in [-0.2, 0) is 0 Å². The van der Waals surface area contributed by atoms with Gasteiger partial charge in [-0.05, 0) is 43.5 Å². The van der Waals surface area contributed by atoms with Crippen LogP contribution < -0.4 is 4.74 Å². The van der Waals surface area contributed by atoms with Crippen molar-refractivity contribution in [1.29, 1.82) is 0 Å². The Bertz CT molecular complexity index is 355. The van der Waals surface area contributed by atoms with E-state index >= 15 is 0 Å². The Kier molecular flexibility index (Phi) is 3.29. The molecule has 1 amide bonds. The number of nitrogens with zero attached hydrogens (tertiary/aromatic N) is 1. The number of rotatable bonds is 1. The van der Waals surface area contributed by atoms with E-state index in [1.54, 1.807) is 17.0 Å². The Balaban J connectivity index is 1.93. The molecule has 0 spiro atoms. The summed E-state index contributed by atoms with van der Waals surface area (Å²) >= 11 is 0. The Morgan fingerprint density at radius 3 is 2.38 bits per heavy atom. The normalized spacial score (nSPS) is 15.9. The lowest BCUT2D eigenvalue weighted by Gasteiger charge is -2.25. The molecule has 1 fully saturated rings. The molecule has 86 valence electrons. The molecule has 0 saturated carbocycles. The highest BCUT2D eigenvalue weighted by Crippen LogP contribution is 2.18. The highest BCUT2D eigenvalue weighted by atomic mass is 16.6. The largest absolute Gasteiger partial charge is 0.508 e. The standard InChI is InChI=1S/C12H15NO3/c14-10-4-6-11(7-5-10)16-12(15)13-8-2-1-3-9-13/h4-7,14H,1-3,8-9H2. The summed E-state index contributed by atoms with van der Waals surface area (Å²) in [6.45, 7) is 1.55. The van der Waals surface area contributed by atoms with Crippen LogP contribution in [0.5, 0.6) is 11.5 Å². The number of likely N-dealkylation sites (tertiary alicyclic amines) is 1.